The van der Waals surface area contributed by atoms with Crippen molar-refractivity contribution in [3.05, 3.63) is 70.9 Å². The van der Waals surface area contributed by atoms with Gasteiger partial charge >= 0.3 is 0 Å². The van der Waals surface area contributed by atoms with E-state index < -0.39 is 0 Å². The van der Waals surface area contributed by atoms with Crippen LogP contribution < -0.4 is 10.1 Å². The number of aromatic nitrogens is 2. The molecular weight excluding hydrogens is 358 g/mol. The molecule has 0 aliphatic carbocycles. The lowest BCUT2D eigenvalue weighted by molar-refractivity contribution is -0.113. The number of methoxy groups -OCH3 is 1. The number of anilines is 1. The lowest BCUT2D eigenvalue weighted by atomic mass is 10.00. The highest BCUT2D eigenvalue weighted by Crippen LogP contribution is 2.44. The Morgan fingerprint density at radius 1 is 1.15 bits per heavy atom. The van der Waals surface area contributed by atoms with Crippen molar-refractivity contribution in [2.24, 2.45) is 0 Å². The van der Waals surface area contributed by atoms with E-state index in [1.54, 1.807) is 18.9 Å². The summed E-state index contributed by atoms with van der Waals surface area (Å²) in [5.41, 5.74) is 5.31. The highest BCUT2D eigenvalue weighted by atomic mass is 32.2. The van der Waals surface area contributed by atoms with E-state index in [-0.39, 0.29) is 11.2 Å². The molecule has 0 saturated carbocycles. The number of amides is 1. The number of ether oxygens (including phenoxy) is 1. The number of carbonyl (C=O) groups is 1. The van der Waals surface area contributed by atoms with Crippen LogP contribution in [0.1, 0.15) is 27.6 Å². The first-order valence-electron chi connectivity index (χ1n) is 8.79. The van der Waals surface area contributed by atoms with Crippen molar-refractivity contribution in [1.29, 1.82) is 0 Å². The van der Waals surface area contributed by atoms with Crippen LogP contribution in [0.25, 0.3) is 5.69 Å². The predicted molar refractivity (Wildman–Crippen MR) is 109 cm³/mol. The van der Waals surface area contributed by atoms with Gasteiger partial charge in [0.1, 0.15) is 11.6 Å². The van der Waals surface area contributed by atoms with Crippen LogP contribution in [0.4, 0.5) is 5.82 Å². The van der Waals surface area contributed by atoms with E-state index in [2.05, 4.69) is 24.4 Å². The second kappa shape index (κ2) is 7.12. The zero-order valence-corrected chi connectivity index (χ0v) is 16.3. The number of rotatable bonds is 3. The van der Waals surface area contributed by atoms with Gasteiger partial charge in [-0.25, -0.2) is 4.68 Å². The maximum Gasteiger partial charge on any atom is 0.235 e. The summed E-state index contributed by atoms with van der Waals surface area (Å²) >= 11 is 1.65. The topological polar surface area (TPSA) is 56.1 Å². The molecule has 1 aliphatic heterocycles. The maximum absolute atomic E-state index is 12.4. The normalized spacial score (nSPS) is 16.4. The third-order valence-corrected chi connectivity index (χ3v) is 6.05. The first kappa shape index (κ1) is 17.7. The first-order chi connectivity index (χ1) is 13.1. The molecule has 4 rings (SSSR count). The number of nitrogens with one attached hydrogen (secondary N) is 1. The van der Waals surface area contributed by atoms with Gasteiger partial charge in [0, 0.05) is 5.56 Å². The van der Waals surface area contributed by atoms with Crippen LogP contribution in [0.2, 0.25) is 0 Å². The quantitative estimate of drug-likeness (QED) is 0.738. The van der Waals surface area contributed by atoms with E-state index in [1.165, 1.54) is 11.1 Å². The van der Waals surface area contributed by atoms with Crippen molar-refractivity contribution in [1.82, 2.24) is 9.78 Å². The number of hydrogen-bond donors (Lipinski definition) is 1. The molecule has 138 valence electrons. The summed E-state index contributed by atoms with van der Waals surface area (Å²) in [5, 5.41) is 7.88. The summed E-state index contributed by atoms with van der Waals surface area (Å²) < 4.78 is 7.06. The standard InChI is InChI=1S/C21H21N3O2S/c1-13-6-4-5-7-17(13)20-19-14(2)23-24(21(19)22-18(25)12-27-20)15-8-10-16(26-3)11-9-15/h4-11,20H,12H2,1-3H3,(H,22,25). The molecule has 27 heavy (non-hydrogen) atoms. The van der Waals surface area contributed by atoms with Crippen LogP contribution in [-0.4, -0.2) is 28.6 Å². The first-order valence-corrected chi connectivity index (χ1v) is 9.84. The lowest BCUT2D eigenvalue weighted by Gasteiger charge is -2.17. The molecule has 1 amide bonds. The average molecular weight is 379 g/mol. The molecule has 1 aromatic heterocycles. The predicted octanol–water partition coefficient (Wildman–Crippen LogP) is 4.27. The minimum atomic E-state index is -0.00741. The molecule has 3 aromatic rings. The van der Waals surface area contributed by atoms with E-state index in [0.717, 1.165) is 28.5 Å². The van der Waals surface area contributed by atoms with Gasteiger partial charge in [-0.3, -0.25) is 4.79 Å². The molecule has 2 heterocycles. The maximum atomic E-state index is 12.4. The molecule has 1 unspecified atom stereocenters. The molecule has 0 saturated heterocycles. The number of thioether (sulfide) groups is 1. The van der Waals surface area contributed by atoms with Crippen molar-refractivity contribution >= 4 is 23.5 Å². The molecule has 5 nitrogen and oxygen atoms in total. The zero-order chi connectivity index (χ0) is 19.0. The third kappa shape index (κ3) is 3.21. The minimum Gasteiger partial charge on any atom is -0.497 e. The van der Waals surface area contributed by atoms with Crippen LogP contribution in [0.5, 0.6) is 5.75 Å². The van der Waals surface area contributed by atoms with Gasteiger partial charge in [0.2, 0.25) is 5.91 Å². The second-order valence-electron chi connectivity index (χ2n) is 6.55. The molecule has 0 fully saturated rings. The van der Waals surface area contributed by atoms with Crippen molar-refractivity contribution in [2.75, 3.05) is 18.2 Å². The molecule has 1 N–H and O–H groups in total. The Kier molecular flexibility index (Phi) is 4.66. The lowest BCUT2D eigenvalue weighted by Crippen LogP contribution is -2.15. The summed E-state index contributed by atoms with van der Waals surface area (Å²) in [6.07, 6.45) is 0. The summed E-state index contributed by atoms with van der Waals surface area (Å²) in [6, 6.07) is 16.0. The number of carbonyl (C=O) groups excluding carboxylic acids is 1. The Labute approximate surface area is 162 Å². The van der Waals surface area contributed by atoms with Gasteiger partial charge < -0.3 is 10.1 Å². The minimum absolute atomic E-state index is 0.00741. The SMILES string of the molecule is COc1ccc(-n2nc(C)c3c2NC(=O)CSC3c2ccccc2C)cc1. The van der Waals surface area contributed by atoms with Gasteiger partial charge in [-0.15, -0.1) is 11.8 Å². The van der Waals surface area contributed by atoms with Crippen molar-refractivity contribution in [2.45, 2.75) is 19.1 Å². The highest BCUT2D eigenvalue weighted by Gasteiger charge is 2.31. The number of aryl methyl sites for hydroxylation is 2. The Morgan fingerprint density at radius 3 is 2.59 bits per heavy atom. The molecule has 2 aromatic carbocycles. The van der Waals surface area contributed by atoms with Crippen LogP contribution in [0.15, 0.2) is 48.5 Å². The molecule has 0 radical (unpaired) electrons. The van der Waals surface area contributed by atoms with E-state index >= 15 is 0 Å². The van der Waals surface area contributed by atoms with Crippen molar-refractivity contribution in [3.63, 3.8) is 0 Å². The Balaban J connectivity index is 1.87. The summed E-state index contributed by atoms with van der Waals surface area (Å²) in [5.74, 6) is 1.94. The molecule has 0 bridgehead atoms. The van der Waals surface area contributed by atoms with E-state index in [4.69, 9.17) is 9.84 Å². The van der Waals surface area contributed by atoms with Crippen LogP contribution in [0, 0.1) is 13.8 Å². The van der Waals surface area contributed by atoms with Gasteiger partial charge in [0.25, 0.3) is 0 Å². The molecule has 1 atom stereocenters. The van der Waals surface area contributed by atoms with Crippen molar-refractivity contribution < 1.29 is 9.53 Å². The van der Waals surface area contributed by atoms with E-state index in [1.807, 2.05) is 48.0 Å². The second-order valence-corrected chi connectivity index (χ2v) is 7.65. The van der Waals surface area contributed by atoms with Crippen LogP contribution >= 0.6 is 11.8 Å². The van der Waals surface area contributed by atoms with Crippen LogP contribution in [0.3, 0.4) is 0 Å². The summed E-state index contributed by atoms with van der Waals surface area (Å²) in [7, 11) is 1.64. The smallest absolute Gasteiger partial charge is 0.235 e. The Hall–Kier alpha value is -2.73. The Morgan fingerprint density at radius 2 is 1.89 bits per heavy atom. The van der Waals surface area contributed by atoms with E-state index in [9.17, 15) is 4.79 Å². The fraction of sp³-hybridized carbons (Fsp3) is 0.238. The number of benzene rings is 2. The highest BCUT2D eigenvalue weighted by molar-refractivity contribution is 8.00. The fourth-order valence-corrected chi connectivity index (χ4v) is 4.70. The number of nitrogens with zero attached hydrogens (tertiary/aromatic N) is 2. The molecule has 0 spiro atoms. The van der Waals surface area contributed by atoms with Gasteiger partial charge in [-0.1, -0.05) is 24.3 Å². The van der Waals surface area contributed by atoms with Crippen molar-refractivity contribution in [3.8, 4) is 11.4 Å². The van der Waals surface area contributed by atoms with Gasteiger partial charge in [0.15, 0.2) is 0 Å². The third-order valence-electron chi connectivity index (χ3n) is 4.80. The zero-order valence-electron chi connectivity index (χ0n) is 15.5. The molecular formula is C21H21N3O2S. The molecule has 6 heteroatoms. The van der Waals surface area contributed by atoms with E-state index in [0.29, 0.717) is 5.75 Å². The summed E-state index contributed by atoms with van der Waals surface area (Å²) in [6.45, 7) is 4.11. The van der Waals surface area contributed by atoms with Gasteiger partial charge in [0.05, 0.1) is 29.5 Å². The van der Waals surface area contributed by atoms with Crippen LogP contribution in [-0.2, 0) is 4.79 Å². The monoisotopic (exact) mass is 379 g/mol. The summed E-state index contributed by atoms with van der Waals surface area (Å²) in [4.78, 5) is 12.4. The average Bonchev–Trinajstić information content (AvgIpc) is 2.88. The number of fused-ring (bicyclic) bond motifs is 1. The largest absolute Gasteiger partial charge is 0.497 e. The Bertz CT molecular complexity index is 995. The number of hydrogen-bond acceptors (Lipinski definition) is 4. The van der Waals surface area contributed by atoms with Gasteiger partial charge in [-0.2, -0.15) is 5.10 Å². The van der Waals surface area contributed by atoms with Gasteiger partial charge in [-0.05, 0) is 49.2 Å². The fourth-order valence-electron chi connectivity index (χ4n) is 3.42. The molecule has 1 aliphatic rings.